The Morgan fingerprint density at radius 2 is 1.73 bits per heavy atom. The first-order chi connectivity index (χ1) is 14.5. The van der Waals surface area contributed by atoms with Crippen molar-refractivity contribution in [2.24, 2.45) is 0 Å². The summed E-state index contributed by atoms with van der Waals surface area (Å²) in [5.41, 5.74) is -0.145. The number of aromatic hydroxyl groups is 1. The maximum absolute atomic E-state index is 13.5. The van der Waals surface area contributed by atoms with Gasteiger partial charge < -0.3 is 14.1 Å². The molecule has 152 valence electrons. The van der Waals surface area contributed by atoms with E-state index in [0.29, 0.717) is 15.3 Å². The molecule has 0 aliphatic heterocycles. The van der Waals surface area contributed by atoms with Crippen LogP contribution in [0.3, 0.4) is 0 Å². The van der Waals surface area contributed by atoms with Gasteiger partial charge in [-0.05, 0) is 49.2 Å². The van der Waals surface area contributed by atoms with Crippen molar-refractivity contribution in [3.05, 3.63) is 74.3 Å². The van der Waals surface area contributed by atoms with Crippen LogP contribution in [0.25, 0.3) is 21.9 Å². The van der Waals surface area contributed by atoms with Gasteiger partial charge in [-0.2, -0.15) is 0 Å². The molecule has 2 aromatic carbocycles. The van der Waals surface area contributed by atoms with Gasteiger partial charge in [0.05, 0.1) is 5.52 Å². The minimum Gasteiger partial charge on any atom is -0.505 e. The average Bonchev–Trinajstić information content (AvgIpc) is 3.26. The number of halogens is 1. The molecule has 4 aromatic rings. The molecule has 7 heteroatoms. The van der Waals surface area contributed by atoms with Crippen molar-refractivity contribution < 1.29 is 9.52 Å². The Morgan fingerprint density at radius 1 is 1.03 bits per heavy atom. The number of rotatable bonds is 3. The van der Waals surface area contributed by atoms with Crippen molar-refractivity contribution >= 4 is 45.2 Å². The van der Waals surface area contributed by atoms with Gasteiger partial charge in [-0.15, -0.1) is 0 Å². The van der Waals surface area contributed by atoms with Crippen LogP contribution in [0.1, 0.15) is 31.7 Å². The third-order valence-corrected chi connectivity index (χ3v) is 6.95. The van der Waals surface area contributed by atoms with E-state index in [-0.39, 0.29) is 33.2 Å². The molecule has 0 atom stereocenters. The molecule has 1 aliphatic rings. The van der Waals surface area contributed by atoms with Crippen LogP contribution in [-0.2, 0) is 0 Å². The number of fused-ring (bicyclic) bond motifs is 3. The van der Waals surface area contributed by atoms with Gasteiger partial charge in [-0.1, -0.05) is 48.3 Å². The highest BCUT2D eigenvalue weighted by Gasteiger charge is 2.26. The van der Waals surface area contributed by atoms with E-state index in [9.17, 15) is 14.7 Å². The molecule has 30 heavy (non-hydrogen) atoms. The fraction of sp³-hybridized carbons (Fsp3) is 0.217. The van der Waals surface area contributed by atoms with E-state index in [2.05, 4.69) is 0 Å². The van der Waals surface area contributed by atoms with Crippen molar-refractivity contribution in [1.29, 1.82) is 0 Å². The lowest BCUT2D eigenvalue weighted by atomic mass is 10.1. The van der Waals surface area contributed by atoms with Crippen LogP contribution < -0.4 is 11.2 Å². The minimum atomic E-state index is -0.678. The normalized spacial score (nSPS) is 14.7. The maximum Gasteiger partial charge on any atom is 0.354 e. The Morgan fingerprint density at radius 3 is 2.47 bits per heavy atom. The Hall–Kier alpha value is -2.70. The zero-order chi connectivity index (χ0) is 20.8. The lowest BCUT2D eigenvalue weighted by Crippen LogP contribution is -2.25. The van der Waals surface area contributed by atoms with E-state index in [1.54, 1.807) is 28.8 Å². The van der Waals surface area contributed by atoms with E-state index >= 15 is 0 Å². The fourth-order valence-corrected chi connectivity index (χ4v) is 5.19. The molecule has 1 fully saturated rings. The molecule has 0 amide bonds. The highest BCUT2D eigenvalue weighted by Crippen LogP contribution is 2.39. The summed E-state index contributed by atoms with van der Waals surface area (Å²) in [6.45, 7) is 0. The van der Waals surface area contributed by atoms with E-state index in [1.165, 1.54) is 0 Å². The second kappa shape index (κ2) is 7.52. The second-order valence-electron chi connectivity index (χ2n) is 7.46. The van der Waals surface area contributed by atoms with Gasteiger partial charge in [0, 0.05) is 21.3 Å². The second-order valence-corrected chi connectivity index (χ2v) is 8.98. The topological polar surface area (TPSA) is 72.4 Å². The van der Waals surface area contributed by atoms with Crippen molar-refractivity contribution in [2.45, 2.75) is 41.5 Å². The van der Waals surface area contributed by atoms with Crippen molar-refractivity contribution in [3.8, 4) is 5.75 Å². The first-order valence-corrected chi connectivity index (χ1v) is 11.0. The summed E-state index contributed by atoms with van der Waals surface area (Å²) in [5.74, 6) is -0.330. The van der Waals surface area contributed by atoms with Crippen molar-refractivity contribution in [2.75, 3.05) is 0 Å². The Balaban J connectivity index is 1.81. The van der Waals surface area contributed by atoms with Crippen LogP contribution in [0.4, 0.5) is 0 Å². The molecule has 0 unspecified atom stereocenters. The first kappa shape index (κ1) is 19.3. The third kappa shape index (κ3) is 3.11. The van der Waals surface area contributed by atoms with E-state index in [4.69, 9.17) is 16.0 Å². The van der Waals surface area contributed by atoms with Crippen LogP contribution in [0.2, 0.25) is 5.02 Å². The number of nitrogens with zero attached hydrogens (tertiary/aromatic N) is 1. The smallest absolute Gasteiger partial charge is 0.354 e. The summed E-state index contributed by atoms with van der Waals surface area (Å²) in [6.07, 6.45) is 3.96. The highest BCUT2D eigenvalue weighted by molar-refractivity contribution is 7.99. The zero-order valence-electron chi connectivity index (χ0n) is 15.9. The van der Waals surface area contributed by atoms with Crippen LogP contribution in [0.15, 0.2) is 72.3 Å². The minimum absolute atomic E-state index is 0.00447. The summed E-state index contributed by atoms with van der Waals surface area (Å²) >= 11 is 6.98. The Labute approximate surface area is 180 Å². The molecule has 0 saturated heterocycles. The fourth-order valence-electron chi connectivity index (χ4n) is 4.24. The lowest BCUT2D eigenvalue weighted by Gasteiger charge is -2.18. The highest BCUT2D eigenvalue weighted by atomic mass is 35.5. The molecule has 1 N–H and O–H groups in total. The predicted octanol–water partition coefficient (Wildman–Crippen LogP) is 5.73. The van der Waals surface area contributed by atoms with Crippen LogP contribution in [0, 0.1) is 0 Å². The summed E-state index contributed by atoms with van der Waals surface area (Å²) in [7, 11) is 0. The number of benzene rings is 2. The molecule has 0 radical (unpaired) electrons. The quantitative estimate of drug-likeness (QED) is 0.412. The number of pyridine rings is 1. The molecule has 1 aliphatic carbocycles. The monoisotopic (exact) mass is 439 g/mol. The first-order valence-electron chi connectivity index (χ1n) is 9.81. The van der Waals surface area contributed by atoms with Crippen molar-refractivity contribution in [1.82, 2.24) is 4.57 Å². The number of hydrogen-bond donors (Lipinski definition) is 1. The van der Waals surface area contributed by atoms with Gasteiger partial charge in [0.15, 0.2) is 11.3 Å². The molecule has 2 aromatic heterocycles. The summed E-state index contributed by atoms with van der Waals surface area (Å²) in [6, 6.07) is 14.3. The van der Waals surface area contributed by atoms with Gasteiger partial charge in [0.25, 0.3) is 5.56 Å². The van der Waals surface area contributed by atoms with E-state index < -0.39 is 5.63 Å². The molecular weight excluding hydrogens is 422 g/mol. The number of para-hydroxylation sites is 1. The van der Waals surface area contributed by atoms with Crippen LogP contribution in [-0.4, -0.2) is 9.67 Å². The van der Waals surface area contributed by atoms with Crippen LogP contribution in [0.5, 0.6) is 5.75 Å². The molecule has 0 spiro atoms. The number of hydrogen-bond acceptors (Lipinski definition) is 5. The van der Waals surface area contributed by atoms with Gasteiger partial charge >= 0.3 is 5.63 Å². The maximum atomic E-state index is 13.5. The Kier molecular flexibility index (Phi) is 4.83. The largest absolute Gasteiger partial charge is 0.505 e. The van der Waals surface area contributed by atoms with Gasteiger partial charge in [-0.25, -0.2) is 4.79 Å². The summed E-state index contributed by atoms with van der Waals surface area (Å²) in [5, 5.41) is 12.3. The van der Waals surface area contributed by atoms with Crippen molar-refractivity contribution in [3.63, 3.8) is 0 Å². The summed E-state index contributed by atoms with van der Waals surface area (Å²) in [4.78, 5) is 27.0. The number of aromatic nitrogens is 1. The lowest BCUT2D eigenvalue weighted by molar-refractivity contribution is 0.445. The SMILES string of the molecule is O=c1oc2c(c(O)c1Sc1ccc(Cl)cc1)c(=O)n(C1CCCC1)c1ccccc21. The summed E-state index contributed by atoms with van der Waals surface area (Å²) < 4.78 is 7.37. The van der Waals surface area contributed by atoms with Crippen LogP contribution >= 0.6 is 23.4 Å². The molecule has 5 nitrogen and oxygen atoms in total. The predicted molar refractivity (Wildman–Crippen MR) is 119 cm³/mol. The molecule has 2 heterocycles. The molecular formula is C23H18ClNO4S. The molecule has 5 rings (SSSR count). The van der Waals surface area contributed by atoms with Gasteiger partial charge in [-0.3, -0.25) is 4.79 Å². The standard InChI is InChI=1S/C23H18ClNO4S/c24-13-9-11-15(12-10-13)30-21-19(26)18-20(29-23(21)28)16-7-3-4-8-17(16)25(22(18)27)14-5-1-2-6-14/h3-4,7-12,14,26H,1-2,5-6H2. The van der Waals surface area contributed by atoms with E-state index in [1.807, 2.05) is 24.3 Å². The van der Waals surface area contributed by atoms with E-state index in [0.717, 1.165) is 43.0 Å². The van der Waals surface area contributed by atoms with Gasteiger partial charge in [0.2, 0.25) is 0 Å². The Bertz CT molecular complexity index is 1390. The molecule has 0 bridgehead atoms. The third-order valence-electron chi connectivity index (χ3n) is 5.62. The molecule has 1 saturated carbocycles. The zero-order valence-corrected chi connectivity index (χ0v) is 17.5. The average molecular weight is 440 g/mol. The van der Waals surface area contributed by atoms with Gasteiger partial charge in [0.1, 0.15) is 10.3 Å².